The summed E-state index contributed by atoms with van der Waals surface area (Å²) < 4.78 is 5.20. The van der Waals surface area contributed by atoms with Crippen molar-refractivity contribution in [3.63, 3.8) is 0 Å². The van der Waals surface area contributed by atoms with Crippen molar-refractivity contribution in [1.29, 1.82) is 0 Å². The maximum Gasteiger partial charge on any atom is 0.253 e. The Hall–Kier alpha value is -2.41. The van der Waals surface area contributed by atoms with Crippen LogP contribution in [-0.2, 0) is 11.2 Å². The average molecular weight is 405 g/mol. The Bertz CT molecular complexity index is 811. The van der Waals surface area contributed by atoms with E-state index >= 15 is 0 Å². The van der Waals surface area contributed by atoms with Crippen LogP contribution in [-0.4, -0.2) is 57.9 Å². The van der Waals surface area contributed by atoms with Crippen LogP contribution < -0.4 is 0 Å². The first-order valence-corrected chi connectivity index (χ1v) is 9.97. The Morgan fingerprint density at radius 1 is 1.11 bits per heavy atom. The molecule has 150 valence electrons. The summed E-state index contributed by atoms with van der Waals surface area (Å²) in [6.45, 7) is 6.20. The van der Waals surface area contributed by atoms with Crippen molar-refractivity contribution < 1.29 is 14.1 Å². The van der Waals surface area contributed by atoms with Crippen molar-refractivity contribution >= 4 is 23.4 Å². The average Bonchev–Trinajstić information content (AvgIpc) is 3.17. The summed E-state index contributed by atoms with van der Waals surface area (Å²) >= 11 is 5.87. The fourth-order valence-corrected chi connectivity index (χ4v) is 3.21. The predicted molar refractivity (Wildman–Crippen MR) is 105 cm³/mol. The van der Waals surface area contributed by atoms with Crippen LogP contribution in [0, 0.1) is 0 Å². The molecule has 0 bridgehead atoms. The SMILES string of the molecule is CC(C)c1noc(CCCC(=O)N2CCN(C(=O)c3ccc(Cl)cc3)CC2)n1. The molecule has 1 fully saturated rings. The second kappa shape index (κ2) is 9.19. The zero-order chi connectivity index (χ0) is 20.1. The van der Waals surface area contributed by atoms with Gasteiger partial charge in [-0.3, -0.25) is 9.59 Å². The summed E-state index contributed by atoms with van der Waals surface area (Å²) in [4.78, 5) is 32.9. The van der Waals surface area contributed by atoms with Crippen LogP contribution in [0.25, 0.3) is 0 Å². The first kappa shape index (κ1) is 20.3. The van der Waals surface area contributed by atoms with Gasteiger partial charge >= 0.3 is 0 Å². The first-order chi connectivity index (χ1) is 13.4. The van der Waals surface area contributed by atoms with Gasteiger partial charge in [-0.15, -0.1) is 0 Å². The molecule has 0 atom stereocenters. The molecule has 1 saturated heterocycles. The lowest BCUT2D eigenvalue weighted by Gasteiger charge is -2.35. The molecule has 2 aromatic rings. The molecule has 2 amide bonds. The van der Waals surface area contributed by atoms with Crippen LogP contribution in [0.1, 0.15) is 54.7 Å². The number of carbonyl (C=O) groups excluding carboxylic acids is 2. The molecule has 0 saturated carbocycles. The van der Waals surface area contributed by atoms with Gasteiger partial charge in [0, 0.05) is 55.5 Å². The van der Waals surface area contributed by atoms with E-state index in [-0.39, 0.29) is 17.7 Å². The molecule has 0 radical (unpaired) electrons. The molecule has 1 aliphatic rings. The molecule has 7 nitrogen and oxygen atoms in total. The molecule has 2 heterocycles. The molecule has 1 aliphatic heterocycles. The van der Waals surface area contributed by atoms with E-state index in [2.05, 4.69) is 10.1 Å². The molecule has 3 rings (SSSR count). The van der Waals surface area contributed by atoms with E-state index in [1.54, 1.807) is 29.2 Å². The molecule has 0 aliphatic carbocycles. The number of piperazine rings is 1. The highest BCUT2D eigenvalue weighted by molar-refractivity contribution is 6.30. The molecule has 0 spiro atoms. The Kier molecular flexibility index (Phi) is 6.67. The van der Waals surface area contributed by atoms with Gasteiger partial charge in [0.15, 0.2) is 5.82 Å². The minimum absolute atomic E-state index is 0.0267. The van der Waals surface area contributed by atoms with E-state index in [4.69, 9.17) is 16.1 Å². The zero-order valence-corrected chi connectivity index (χ0v) is 17.0. The van der Waals surface area contributed by atoms with Crippen LogP contribution in [0.5, 0.6) is 0 Å². The highest BCUT2D eigenvalue weighted by atomic mass is 35.5. The van der Waals surface area contributed by atoms with E-state index < -0.39 is 0 Å². The van der Waals surface area contributed by atoms with Crippen molar-refractivity contribution in [3.8, 4) is 0 Å². The molecular weight excluding hydrogens is 380 g/mol. The molecule has 28 heavy (non-hydrogen) atoms. The van der Waals surface area contributed by atoms with Crippen molar-refractivity contribution in [2.45, 2.75) is 39.0 Å². The van der Waals surface area contributed by atoms with Crippen LogP contribution in [0.2, 0.25) is 5.02 Å². The van der Waals surface area contributed by atoms with E-state index in [1.807, 2.05) is 18.7 Å². The Balaban J connectivity index is 1.42. The number of aromatic nitrogens is 2. The topological polar surface area (TPSA) is 79.5 Å². The molecule has 8 heteroatoms. The quantitative estimate of drug-likeness (QED) is 0.738. The monoisotopic (exact) mass is 404 g/mol. The van der Waals surface area contributed by atoms with Crippen molar-refractivity contribution in [1.82, 2.24) is 19.9 Å². The highest BCUT2D eigenvalue weighted by Gasteiger charge is 2.24. The first-order valence-electron chi connectivity index (χ1n) is 9.59. The number of aryl methyl sites for hydroxylation is 1. The number of halogens is 1. The standard InChI is InChI=1S/C20H25ClN4O3/c1-14(2)19-22-17(28-23-19)4-3-5-18(26)24-10-12-25(13-11-24)20(27)15-6-8-16(21)9-7-15/h6-9,14H,3-5,10-13H2,1-2H3. The number of rotatable bonds is 6. The minimum atomic E-state index is -0.0267. The molecule has 1 aromatic heterocycles. The van der Waals surface area contributed by atoms with Gasteiger partial charge in [-0.1, -0.05) is 30.6 Å². The summed E-state index contributed by atoms with van der Waals surface area (Å²) in [6.07, 6.45) is 1.70. The summed E-state index contributed by atoms with van der Waals surface area (Å²) in [5.41, 5.74) is 0.615. The van der Waals surface area contributed by atoms with E-state index in [0.717, 1.165) is 0 Å². The van der Waals surface area contributed by atoms with Crippen molar-refractivity contribution in [2.75, 3.05) is 26.2 Å². The maximum atomic E-state index is 12.5. The predicted octanol–water partition coefficient (Wildman–Crippen LogP) is 3.15. The normalized spacial score (nSPS) is 14.6. The third-order valence-corrected chi connectivity index (χ3v) is 5.04. The molecule has 0 unspecified atom stereocenters. The number of hydrogen-bond acceptors (Lipinski definition) is 5. The van der Waals surface area contributed by atoms with Crippen LogP contribution in [0.3, 0.4) is 0 Å². The summed E-state index contributed by atoms with van der Waals surface area (Å²) in [7, 11) is 0. The highest BCUT2D eigenvalue weighted by Crippen LogP contribution is 2.15. The van der Waals surface area contributed by atoms with Gasteiger partial charge in [-0.2, -0.15) is 4.98 Å². The smallest absolute Gasteiger partial charge is 0.253 e. The van der Waals surface area contributed by atoms with E-state index in [0.29, 0.717) is 67.7 Å². The number of carbonyl (C=O) groups is 2. The summed E-state index contributed by atoms with van der Waals surface area (Å²) in [6, 6.07) is 6.87. The largest absolute Gasteiger partial charge is 0.339 e. The second-order valence-corrected chi connectivity index (χ2v) is 7.67. The fourth-order valence-electron chi connectivity index (χ4n) is 3.09. The van der Waals surface area contributed by atoms with Gasteiger partial charge in [0.2, 0.25) is 11.8 Å². The minimum Gasteiger partial charge on any atom is -0.339 e. The second-order valence-electron chi connectivity index (χ2n) is 7.23. The fraction of sp³-hybridized carbons (Fsp3) is 0.500. The number of amides is 2. The van der Waals surface area contributed by atoms with Crippen LogP contribution >= 0.6 is 11.6 Å². The van der Waals surface area contributed by atoms with Gasteiger partial charge in [-0.05, 0) is 30.7 Å². The zero-order valence-electron chi connectivity index (χ0n) is 16.2. The molecule has 0 N–H and O–H groups in total. The Morgan fingerprint density at radius 2 is 1.75 bits per heavy atom. The van der Waals surface area contributed by atoms with Gasteiger partial charge in [-0.25, -0.2) is 0 Å². The third-order valence-electron chi connectivity index (χ3n) is 4.79. The Labute approximate surface area is 169 Å². The lowest BCUT2D eigenvalue weighted by atomic mass is 10.1. The van der Waals surface area contributed by atoms with E-state index in [9.17, 15) is 9.59 Å². The molecule has 1 aromatic carbocycles. The summed E-state index contributed by atoms with van der Waals surface area (Å²) in [5.74, 6) is 1.58. The van der Waals surface area contributed by atoms with Crippen LogP contribution in [0.4, 0.5) is 0 Å². The van der Waals surface area contributed by atoms with Crippen molar-refractivity contribution in [3.05, 3.63) is 46.6 Å². The summed E-state index contributed by atoms with van der Waals surface area (Å²) in [5, 5.41) is 4.54. The van der Waals surface area contributed by atoms with Gasteiger partial charge in [0.05, 0.1) is 0 Å². The number of hydrogen-bond donors (Lipinski definition) is 0. The van der Waals surface area contributed by atoms with Gasteiger partial charge < -0.3 is 14.3 Å². The molecular formula is C20H25ClN4O3. The number of benzene rings is 1. The van der Waals surface area contributed by atoms with Crippen LogP contribution in [0.15, 0.2) is 28.8 Å². The lowest BCUT2D eigenvalue weighted by Crippen LogP contribution is -2.50. The Morgan fingerprint density at radius 3 is 2.36 bits per heavy atom. The maximum absolute atomic E-state index is 12.5. The van der Waals surface area contributed by atoms with Gasteiger partial charge in [0.1, 0.15) is 0 Å². The lowest BCUT2D eigenvalue weighted by molar-refractivity contribution is -0.132. The number of nitrogens with zero attached hydrogens (tertiary/aromatic N) is 4. The van der Waals surface area contributed by atoms with Gasteiger partial charge in [0.25, 0.3) is 5.91 Å². The third kappa shape index (κ3) is 5.10. The van der Waals surface area contributed by atoms with Crippen molar-refractivity contribution in [2.24, 2.45) is 0 Å². The van der Waals surface area contributed by atoms with E-state index in [1.165, 1.54) is 0 Å².